The summed E-state index contributed by atoms with van der Waals surface area (Å²) in [5.74, 6) is 0.0964. The number of anilines is 1. The van der Waals surface area contributed by atoms with E-state index >= 15 is 0 Å². The van der Waals surface area contributed by atoms with Crippen molar-refractivity contribution in [2.75, 3.05) is 4.90 Å². The van der Waals surface area contributed by atoms with Gasteiger partial charge in [0.25, 0.3) is 0 Å². The Kier molecular flexibility index (Phi) is 6.20. The van der Waals surface area contributed by atoms with Crippen LogP contribution in [-0.2, 0) is 11.2 Å². The Balaban J connectivity index is 1.90. The van der Waals surface area contributed by atoms with Crippen LogP contribution in [-0.4, -0.2) is 5.78 Å². The fraction of sp³-hybridized carbons (Fsp3) is 0.385. The average Bonchev–Trinajstić information content (AvgIpc) is 3.20. The van der Waals surface area contributed by atoms with E-state index in [1.54, 1.807) is 23.5 Å². The van der Waals surface area contributed by atoms with Crippen LogP contribution >= 0.6 is 22.9 Å². The minimum absolute atomic E-state index is 0.101. The molecule has 4 rings (SSSR count). The maximum Gasteiger partial charge on any atom is 0.162 e. The monoisotopic (exact) mass is 465 g/mol. The maximum absolute atomic E-state index is 13.5. The third-order valence-electron chi connectivity index (χ3n) is 6.21. The number of halogens is 1. The van der Waals surface area contributed by atoms with Crippen LogP contribution in [0.25, 0.3) is 0 Å². The van der Waals surface area contributed by atoms with E-state index < -0.39 is 5.92 Å². The lowest BCUT2D eigenvalue weighted by Crippen LogP contribution is -2.42. The van der Waals surface area contributed by atoms with E-state index in [1.165, 1.54) is 4.88 Å². The molecular formula is C26H28ClN3OS. The number of rotatable bonds is 5. The highest BCUT2D eigenvalue weighted by Crippen LogP contribution is 2.51. The Bertz CT molecular complexity index is 1150. The molecule has 2 heterocycles. The summed E-state index contributed by atoms with van der Waals surface area (Å²) >= 11 is 7.81. The number of thiophene rings is 1. The zero-order valence-electron chi connectivity index (χ0n) is 18.7. The number of ketones is 1. The van der Waals surface area contributed by atoms with Crippen LogP contribution in [0, 0.1) is 16.7 Å². The number of hydrogen-bond donors (Lipinski definition) is 1. The molecule has 0 amide bonds. The van der Waals surface area contributed by atoms with E-state index in [4.69, 9.17) is 17.3 Å². The molecule has 0 bridgehead atoms. The van der Waals surface area contributed by atoms with Crippen molar-refractivity contribution in [2.24, 2.45) is 11.1 Å². The molecule has 0 saturated heterocycles. The number of carbonyl (C=O) groups is 1. The van der Waals surface area contributed by atoms with Crippen LogP contribution in [0.15, 0.2) is 59.1 Å². The van der Waals surface area contributed by atoms with Crippen molar-refractivity contribution in [1.29, 1.82) is 5.26 Å². The van der Waals surface area contributed by atoms with Crippen LogP contribution in [0.4, 0.5) is 5.69 Å². The Morgan fingerprint density at radius 2 is 1.94 bits per heavy atom. The Morgan fingerprint density at radius 1 is 1.22 bits per heavy atom. The van der Waals surface area contributed by atoms with Crippen LogP contribution in [0.3, 0.4) is 0 Å². The van der Waals surface area contributed by atoms with Gasteiger partial charge in [0.15, 0.2) is 5.78 Å². The fourth-order valence-electron chi connectivity index (χ4n) is 4.71. The van der Waals surface area contributed by atoms with Crippen molar-refractivity contribution in [3.63, 3.8) is 0 Å². The summed E-state index contributed by atoms with van der Waals surface area (Å²) in [6.45, 7) is 6.40. The Hall–Kier alpha value is -2.55. The summed E-state index contributed by atoms with van der Waals surface area (Å²) in [5, 5.41) is 10.8. The quantitative estimate of drug-likeness (QED) is 0.534. The van der Waals surface area contributed by atoms with Crippen molar-refractivity contribution < 1.29 is 4.79 Å². The number of allylic oxidation sites excluding steroid dienone is 3. The number of aryl methyl sites for hydroxylation is 1. The lowest BCUT2D eigenvalue weighted by molar-refractivity contribution is -0.118. The Morgan fingerprint density at radius 3 is 2.59 bits per heavy atom. The smallest absolute Gasteiger partial charge is 0.162 e. The highest BCUT2D eigenvalue weighted by Gasteiger charge is 2.45. The number of hydrogen-bond acceptors (Lipinski definition) is 5. The summed E-state index contributed by atoms with van der Waals surface area (Å²) in [5.41, 5.74) is 9.36. The number of carbonyl (C=O) groups excluding carboxylic acids is 1. The van der Waals surface area contributed by atoms with Crippen molar-refractivity contribution in [2.45, 2.75) is 58.8 Å². The second-order valence-corrected chi connectivity index (χ2v) is 11.0. The van der Waals surface area contributed by atoms with Gasteiger partial charge in [0, 0.05) is 38.2 Å². The lowest BCUT2D eigenvalue weighted by Gasteiger charge is -2.43. The first kappa shape index (κ1) is 22.6. The minimum Gasteiger partial charge on any atom is -0.384 e. The molecule has 2 N–H and O–H groups in total. The molecule has 0 fully saturated rings. The second kappa shape index (κ2) is 8.77. The second-order valence-electron chi connectivity index (χ2n) is 9.36. The first-order valence-electron chi connectivity index (χ1n) is 11.1. The normalized spacial score (nSPS) is 20.4. The lowest BCUT2D eigenvalue weighted by atomic mass is 9.69. The molecule has 0 radical (unpaired) electrons. The zero-order valence-corrected chi connectivity index (χ0v) is 20.3. The Labute approximate surface area is 199 Å². The van der Waals surface area contributed by atoms with Crippen molar-refractivity contribution >= 4 is 34.4 Å². The van der Waals surface area contributed by atoms with Gasteiger partial charge in [-0.3, -0.25) is 9.69 Å². The molecule has 2 aromatic rings. The highest BCUT2D eigenvalue weighted by molar-refractivity contribution is 7.12. The maximum atomic E-state index is 13.5. The number of benzene rings is 1. The molecule has 0 spiro atoms. The number of nitriles is 1. The van der Waals surface area contributed by atoms with Gasteiger partial charge in [0.05, 0.1) is 17.6 Å². The molecule has 166 valence electrons. The summed E-state index contributed by atoms with van der Waals surface area (Å²) in [4.78, 5) is 17.7. The summed E-state index contributed by atoms with van der Waals surface area (Å²) in [6, 6.07) is 13.9. The molecule has 1 atom stereocenters. The number of nitrogens with zero attached hydrogens (tertiary/aromatic N) is 2. The van der Waals surface area contributed by atoms with Gasteiger partial charge < -0.3 is 5.73 Å². The standard InChI is InChI=1S/C26H28ClN3OS/c1-4-5-6-18-11-12-22(32-18)23-19(15-28)25(29)30(17-9-7-16(27)8-10-17)20-13-26(2,3)14-21(31)24(20)23/h7-12,23H,4-6,13-14,29H2,1-3H3. The fourth-order valence-corrected chi connectivity index (χ4v) is 6.01. The third kappa shape index (κ3) is 4.10. The third-order valence-corrected chi connectivity index (χ3v) is 7.67. The SMILES string of the molecule is CCCCc1ccc(C2C(C#N)=C(N)N(c3ccc(Cl)cc3)C3=C2C(=O)CC(C)(C)C3)s1. The van der Waals surface area contributed by atoms with Gasteiger partial charge in [-0.2, -0.15) is 5.26 Å². The van der Waals surface area contributed by atoms with E-state index in [9.17, 15) is 10.1 Å². The summed E-state index contributed by atoms with van der Waals surface area (Å²) in [6.07, 6.45) is 4.44. The molecule has 1 aromatic carbocycles. The topological polar surface area (TPSA) is 70.1 Å². The number of Topliss-reactive ketones (excluding diaryl/α,β-unsaturated/α-hetero) is 1. The van der Waals surface area contributed by atoms with E-state index in [0.717, 1.165) is 35.5 Å². The molecule has 2 aliphatic rings. The van der Waals surface area contributed by atoms with E-state index in [-0.39, 0.29) is 11.2 Å². The molecule has 32 heavy (non-hydrogen) atoms. The molecule has 0 saturated carbocycles. The number of unbranched alkanes of at least 4 members (excludes halogenated alkanes) is 1. The van der Waals surface area contributed by atoms with Crippen LogP contribution < -0.4 is 10.6 Å². The molecular weight excluding hydrogens is 438 g/mol. The van der Waals surface area contributed by atoms with E-state index in [2.05, 4.69) is 39.0 Å². The predicted molar refractivity (Wildman–Crippen MR) is 131 cm³/mol. The molecule has 6 heteroatoms. The first-order chi connectivity index (χ1) is 15.3. The largest absolute Gasteiger partial charge is 0.384 e. The van der Waals surface area contributed by atoms with Crippen molar-refractivity contribution in [1.82, 2.24) is 0 Å². The predicted octanol–water partition coefficient (Wildman–Crippen LogP) is 6.68. The first-order valence-corrected chi connectivity index (χ1v) is 12.3. The van der Waals surface area contributed by atoms with Gasteiger partial charge >= 0.3 is 0 Å². The van der Waals surface area contributed by atoms with Gasteiger partial charge in [-0.1, -0.05) is 38.8 Å². The van der Waals surface area contributed by atoms with E-state index in [0.29, 0.717) is 34.8 Å². The average molecular weight is 466 g/mol. The van der Waals surface area contributed by atoms with Gasteiger partial charge in [-0.25, -0.2) is 0 Å². The molecule has 4 nitrogen and oxygen atoms in total. The molecule has 1 aliphatic carbocycles. The number of nitrogens with two attached hydrogens (primary N) is 1. The molecule has 1 aliphatic heterocycles. The van der Waals surface area contributed by atoms with Gasteiger partial charge in [-0.05, 0) is 61.1 Å². The molecule has 1 aromatic heterocycles. The van der Waals surface area contributed by atoms with Crippen LogP contribution in [0.1, 0.15) is 62.1 Å². The minimum atomic E-state index is -0.400. The summed E-state index contributed by atoms with van der Waals surface area (Å²) in [7, 11) is 0. The molecule has 1 unspecified atom stereocenters. The van der Waals surface area contributed by atoms with Gasteiger partial charge in [-0.15, -0.1) is 11.3 Å². The van der Waals surface area contributed by atoms with Crippen LogP contribution in [0.5, 0.6) is 0 Å². The van der Waals surface area contributed by atoms with Gasteiger partial charge in [0.1, 0.15) is 5.82 Å². The van der Waals surface area contributed by atoms with E-state index in [1.807, 2.05) is 17.0 Å². The van der Waals surface area contributed by atoms with Crippen LogP contribution in [0.2, 0.25) is 5.02 Å². The van der Waals surface area contributed by atoms with Crippen molar-refractivity contribution in [3.05, 3.63) is 73.8 Å². The highest BCUT2D eigenvalue weighted by atomic mass is 35.5. The summed E-state index contributed by atoms with van der Waals surface area (Å²) < 4.78 is 0. The van der Waals surface area contributed by atoms with Gasteiger partial charge in [0.2, 0.25) is 0 Å². The van der Waals surface area contributed by atoms with Crippen molar-refractivity contribution in [3.8, 4) is 6.07 Å². The zero-order chi connectivity index (χ0) is 23.0.